The molecule has 0 atom stereocenters. The smallest absolute Gasteiger partial charge is 0.130 e. The molecule has 0 aliphatic rings. The highest BCUT2D eigenvalue weighted by molar-refractivity contribution is 5.45. The Morgan fingerprint density at radius 3 is 1.95 bits per heavy atom. The molecule has 114 valence electrons. The summed E-state index contributed by atoms with van der Waals surface area (Å²) in [6.45, 7) is 12.7. The van der Waals surface area contributed by atoms with E-state index in [1.165, 1.54) is 0 Å². The summed E-state index contributed by atoms with van der Waals surface area (Å²) >= 11 is 0. The molecular formula is C18H29FO. The SMILES string of the molecule is CCC(C)(C)c1cc(F)c(C(C)(CC)CC)c(OC)c1. The van der Waals surface area contributed by atoms with Crippen LogP contribution in [0.3, 0.4) is 0 Å². The Bertz CT molecular complexity index is 459. The summed E-state index contributed by atoms with van der Waals surface area (Å²) in [4.78, 5) is 0. The third-order valence-corrected chi connectivity index (χ3v) is 5.10. The van der Waals surface area contributed by atoms with Gasteiger partial charge >= 0.3 is 0 Å². The van der Waals surface area contributed by atoms with E-state index < -0.39 is 0 Å². The van der Waals surface area contributed by atoms with Crippen LogP contribution in [0, 0.1) is 5.82 Å². The van der Waals surface area contributed by atoms with E-state index in [1.54, 1.807) is 13.2 Å². The van der Waals surface area contributed by atoms with Gasteiger partial charge in [0.2, 0.25) is 0 Å². The quantitative estimate of drug-likeness (QED) is 0.659. The predicted molar refractivity (Wildman–Crippen MR) is 84.2 cm³/mol. The van der Waals surface area contributed by atoms with Crippen LogP contribution in [-0.2, 0) is 10.8 Å². The third kappa shape index (κ3) is 2.99. The highest BCUT2D eigenvalue weighted by Crippen LogP contribution is 2.41. The first-order chi connectivity index (χ1) is 9.25. The molecule has 1 rings (SSSR count). The van der Waals surface area contributed by atoms with Crippen LogP contribution >= 0.6 is 0 Å². The van der Waals surface area contributed by atoms with E-state index in [1.807, 2.05) is 6.07 Å². The fourth-order valence-corrected chi connectivity index (χ4v) is 2.53. The maximum absolute atomic E-state index is 14.8. The summed E-state index contributed by atoms with van der Waals surface area (Å²) < 4.78 is 20.3. The summed E-state index contributed by atoms with van der Waals surface area (Å²) in [6.07, 6.45) is 2.76. The van der Waals surface area contributed by atoms with E-state index in [0.29, 0.717) is 5.75 Å². The first kappa shape index (κ1) is 17.0. The first-order valence-electron chi connectivity index (χ1n) is 7.64. The molecule has 0 heterocycles. The van der Waals surface area contributed by atoms with Gasteiger partial charge in [-0.1, -0.05) is 41.5 Å². The van der Waals surface area contributed by atoms with Gasteiger partial charge in [-0.3, -0.25) is 0 Å². The summed E-state index contributed by atoms with van der Waals surface area (Å²) in [6, 6.07) is 3.72. The molecule has 1 aromatic carbocycles. The van der Waals surface area contributed by atoms with E-state index in [-0.39, 0.29) is 16.6 Å². The van der Waals surface area contributed by atoms with E-state index in [0.717, 1.165) is 30.4 Å². The van der Waals surface area contributed by atoms with Gasteiger partial charge in [-0.05, 0) is 47.8 Å². The van der Waals surface area contributed by atoms with Crippen molar-refractivity contribution >= 4 is 0 Å². The summed E-state index contributed by atoms with van der Waals surface area (Å²) in [5.41, 5.74) is 1.51. The topological polar surface area (TPSA) is 9.23 Å². The molecule has 20 heavy (non-hydrogen) atoms. The maximum atomic E-state index is 14.8. The normalized spacial score (nSPS) is 12.6. The van der Waals surface area contributed by atoms with Gasteiger partial charge in [0.1, 0.15) is 11.6 Å². The zero-order valence-electron chi connectivity index (χ0n) is 14.1. The summed E-state index contributed by atoms with van der Waals surface area (Å²) in [5, 5.41) is 0. The van der Waals surface area contributed by atoms with Gasteiger partial charge in [-0.25, -0.2) is 4.39 Å². The molecule has 0 unspecified atom stereocenters. The number of hydrogen-bond donors (Lipinski definition) is 0. The van der Waals surface area contributed by atoms with Crippen LogP contribution in [0.1, 0.15) is 71.9 Å². The fraction of sp³-hybridized carbons (Fsp3) is 0.667. The number of hydrogen-bond acceptors (Lipinski definition) is 1. The molecule has 0 aliphatic carbocycles. The Labute approximate surface area is 123 Å². The van der Waals surface area contributed by atoms with Crippen molar-refractivity contribution in [1.82, 2.24) is 0 Å². The Morgan fingerprint density at radius 2 is 1.55 bits per heavy atom. The number of ether oxygens (including phenoxy) is 1. The van der Waals surface area contributed by atoms with Crippen molar-refractivity contribution in [2.45, 2.75) is 71.6 Å². The lowest BCUT2D eigenvalue weighted by atomic mass is 9.74. The number of methoxy groups -OCH3 is 1. The number of rotatable bonds is 6. The highest BCUT2D eigenvalue weighted by atomic mass is 19.1. The second-order valence-corrected chi connectivity index (χ2v) is 6.54. The lowest BCUT2D eigenvalue weighted by Crippen LogP contribution is -2.24. The van der Waals surface area contributed by atoms with Crippen molar-refractivity contribution in [2.24, 2.45) is 0 Å². The van der Waals surface area contributed by atoms with Crippen molar-refractivity contribution < 1.29 is 9.13 Å². The monoisotopic (exact) mass is 280 g/mol. The minimum Gasteiger partial charge on any atom is -0.496 e. The molecule has 0 N–H and O–H groups in total. The van der Waals surface area contributed by atoms with Crippen LogP contribution < -0.4 is 4.74 Å². The first-order valence-corrected chi connectivity index (χ1v) is 7.64. The fourth-order valence-electron chi connectivity index (χ4n) is 2.53. The van der Waals surface area contributed by atoms with E-state index >= 15 is 0 Å². The summed E-state index contributed by atoms with van der Waals surface area (Å²) in [5.74, 6) is 0.555. The molecule has 0 radical (unpaired) electrons. The second-order valence-electron chi connectivity index (χ2n) is 6.54. The Morgan fingerprint density at radius 1 is 1.00 bits per heavy atom. The highest BCUT2D eigenvalue weighted by Gasteiger charge is 2.31. The minimum atomic E-state index is -0.176. The van der Waals surface area contributed by atoms with Crippen LogP contribution in [-0.4, -0.2) is 7.11 Å². The van der Waals surface area contributed by atoms with Crippen LogP contribution in [0.25, 0.3) is 0 Å². The van der Waals surface area contributed by atoms with Crippen molar-refractivity contribution in [1.29, 1.82) is 0 Å². The molecule has 0 saturated heterocycles. The molecule has 0 amide bonds. The lowest BCUT2D eigenvalue weighted by molar-refractivity contribution is 0.356. The lowest BCUT2D eigenvalue weighted by Gasteiger charge is -2.32. The Hall–Kier alpha value is -1.05. The van der Waals surface area contributed by atoms with Crippen LogP contribution in [0.15, 0.2) is 12.1 Å². The molecule has 0 aromatic heterocycles. The van der Waals surface area contributed by atoms with Gasteiger partial charge < -0.3 is 4.74 Å². The van der Waals surface area contributed by atoms with Crippen LogP contribution in [0.5, 0.6) is 5.75 Å². The standard InChI is InChI=1S/C18H29FO/c1-8-17(4,5)13-11-14(19)16(15(12-13)20-7)18(6,9-2)10-3/h11-12H,8-10H2,1-7H3. The molecule has 0 fully saturated rings. The Kier molecular flexibility index (Phi) is 5.23. The van der Waals surface area contributed by atoms with Crippen LogP contribution in [0.2, 0.25) is 0 Å². The van der Waals surface area contributed by atoms with Gasteiger partial charge in [-0.15, -0.1) is 0 Å². The minimum absolute atomic E-state index is 0.0402. The van der Waals surface area contributed by atoms with Crippen LogP contribution in [0.4, 0.5) is 4.39 Å². The molecule has 0 saturated carbocycles. The van der Waals surface area contributed by atoms with Crippen molar-refractivity contribution in [2.75, 3.05) is 7.11 Å². The van der Waals surface area contributed by atoms with E-state index in [2.05, 4.69) is 41.5 Å². The van der Waals surface area contributed by atoms with Crippen molar-refractivity contribution in [3.63, 3.8) is 0 Å². The summed E-state index contributed by atoms with van der Waals surface area (Å²) in [7, 11) is 1.63. The number of halogens is 1. The number of benzene rings is 1. The maximum Gasteiger partial charge on any atom is 0.130 e. The van der Waals surface area contributed by atoms with Gasteiger partial charge in [0, 0.05) is 5.56 Å². The molecule has 0 bridgehead atoms. The van der Waals surface area contributed by atoms with E-state index in [4.69, 9.17) is 4.74 Å². The third-order valence-electron chi connectivity index (χ3n) is 5.10. The average molecular weight is 280 g/mol. The largest absolute Gasteiger partial charge is 0.496 e. The predicted octanol–water partition coefficient (Wildman–Crippen LogP) is 5.60. The molecule has 1 aromatic rings. The molecule has 1 nitrogen and oxygen atoms in total. The van der Waals surface area contributed by atoms with Gasteiger partial charge in [0.05, 0.1) is 7.11 Å². The molecular weight excluding hydrogens is 251 g/mol. The Balaban J connectivity index is 3.51. The molecule has 0 aliphatic heterocycles. The zero-order valence-corrected chi connectivity index (χ0v) is 14.1. The average Bonchev–Trinajstić information content (AvgIpc) is 2.45. The molecule has 0 spiro atoms. The van der Waals surface area contributed by atoms with Gasteiger partial charge in [0.15, 0.2) is 0 Å². The zero-order chi connectivity index (χ0) is 15.6. The van der Waals surface area contributed by atoms with Gasteiger partial charge in [-0.2, -0.15) is 0 Å². The van der Waals surface area contributed by atoms with Gasteiger partial charge in [0.25, 0.3) is 0 Å². The van der Waals surface area contributed by atoms with Crippen molar-refractivity contribution in [3.8, 4) is 5.75 Å². The van der Waals surface area contributed by atoms with E-state index in [9.17, 15) is 4.39 Å². The molecule has 2 heteroatoms. The van der Waals surface area contributed by atoms with Crippen molar-refractivity contribution in [3.05, 3.63) is 29.1 Å². The second kappa shape index (κ2) is 6.15.